The summed E-state index contributed by atoms with van der Waals surface area (Å²) in [6.45, 7) is 5.59. The summed E-state index contributed by atoms with van der Waals surface area (Å²) in [6.07, 6.45) is 2.95. The van der Waals surface area contributed by atoms with Gasteiger partial charge in [-0.1, -0.05) is 26.0 Å². The minimum atomic E-state index is -0.245. The van der Waals surface area contributed by atoms with Gasteiger partial charge >= 0.3 is 0 Å². The van der Waals surface area contributed by atoms with Gasteiger partial charge in [0.05, 0.1) is 11.8 Å². The molecule has 1 atom stereocenters. The van der Waals surface area contributed by atoms with E-state index in [0.29, 0.717) is 18.9 Å². The molecule has 1 unspecified atom stereocenters. The highest BCUT2D eigenvalue weighted by atomic mass is 16.5. The predicted molar refractivity (Wildman–Crippen MR) is 105 cm³/mol. The molecule has 0 bridgehead atoms. The Kier molecular flexibility index (Phi) is 6.58. The number of carbonyl (C=O) groups is 2. The van der Waals surface area contributed by atoms with E-state index in [4.69, 9.17) is 4.74 Å². The second-order valence-corrected chi connectivity index (χ2v) is 7.44. The molecule has 1 aromatic carbocycles. The number of ether oxygens (including phenoxy) is 1. The Bertz CT molecular complexity index is 694. The van der Waals surface area contributed by atoms with E-state index in [2.05, 4.69) is 35.0 Å². The number of amides is 2. The van der Waals surface area contributed by atoms with Gasteiger partial charge in [0.1, 0.15) is 0 Å². The first-order valence-electron chi connectivity index (χ1n) is 9.63. The van der Waals surface area contributed by atoms with Gasteiger partial charge in [0.15, 0.2) is 0 Å². The number of anilines is 1. The molecule has 0 spiro atoms. The molecule has 0 saturated carbocycles. The third-order valence-corrected chi connectivity index (χ3v) is 4.98. The van der Waals surface area contributed by atoms with Crippen LogP contribution in [0.3, 0.4) is 0 Å². The number of nitrogens with one attached hydrogen (secondary N) is 3. The fraction of sp³-hybridized carbons (Fsp3) is 0.550. The lowest BCUT2D eigenvalue weighted by Gasteiger charge is -2.30. The standard InChI is InChI=1S/C20H28N4O3/c1-13(2)19(21-16-9-11-27-12-10-16)20(26)22-15-5-3-14(4-6-15)17-7-8-18(25)24-23-17/h3-6,13,16,19,21H,7-12H2,1-2H3,(H,22,26)(H,24,25). The van der Waals surface area contributed by atoms with Crippen molar-refractivity contribution in [2.45, 2.75) is 51.6 Å². The zero-order valence-electron chi connectivity index (χ0n) is 16.0. The van der Waals surface area contributed by atoms with Gasteiger partial charge in [-0.3, -0.25) is 9.59 Å². The van der Waals surface area contributed by atoms with Gasteiger partial charge in [-0.2, -0.15) is 5.10 Å². The van der Waals surface area contributed by atoms with Crippen LogP contribution in [-0.4, -0.2) is 42.8 Å². The van der Waals surface area contributed by atoms with Crippen molar-refractivity contribution in [2.24, 2.45) is 11.0 Å². The third kappa shape index (κ3) is 5.37. The first-order chi connectivity index (χ1) is 13.0. The maximum Gasteiger partial charge on any atom is 0.241 e. The molecule has 2 aliphatic heterocycles. The minimum Gasteiger partial charge on any atom is -0.381 e. The molecule has 7 nitrogen and oxygen atoms in total. The number of carbonyl (C=O) groups excluding carboxylic acids is 2. The molecule has 146 valence electrons. The molecule has 0 radical (unpaired) electrons. The normalized spacial score (nSPS) is 19.4. The van der Waals surface area contributed by atoms with Crippen molar-refractivity contribution < 1.29 is 14.3 Å². The molecule has 1 aromatic rings. The number of rotatable bonds is 6. The van der Waals surface area contributed by atoms with E-state index < -0.39 is 0 Å². The molecule has 27 heavy (non-hydrogen) atoms. The van der Waals surface area contributed by atoms with Crippen molar-refractivity contribution in [2.75, 3.05) is 18.5 Å². The number of hydrogen-bond acceptors (Lipinski definition) is 5. The maximum absolute atomic E-state index is 12.8. The first-order valence-corrected chi connectivity index (χ1v) is 9.63. The van der Waals surface area contributed by atoms with Crippen molar-refractivity contribution >= 4 is 23.2 Å². The summed E-state index contributed by atoms with van der Waals surface area (Å²) in [5, 5.41) is 10.6. The Morgan fingerprint density at radius 3 is 2.48 bits per heavy atom. The van der Waals surface area contributed by atoms with Gasteiger partial charge < -0.3 is 15.4 Å². The summed E-state index contributed by atoms with van der Waals surface area (Å²) in [5.74, 6) is 0.109. The van der Waals surface area contributed by atoms with Gasteiger partial charge in [-0.05, 0) is 36.5 Å². The number of nitrogens with zero attached hydrogens (tertiary/aromatic N) is 1. The zero-order valence-corrected chi connectivity index (χ0v) is 16.0. The van der Waals surface area contributed by atoms with Crippen molar-refractivity contribution in [3.05, 3.63) is 29.8 Å². The second kappa shape index (κ2) is 9.10. The van der Waals surface area contributed by atoms with Crippen LogP contribution in [0.1, 0.15) is 45.1 Å². The lowest BCUT2D eigenvalue weighted by atomic mass is 9.99. The summed E-state index contributed by atoms with van der Waals surface area (Å²) in [5.41, 5.74) is 5.07. The Hall–Kier alpha value is -2.25. The third-order valence-electron chi connectivity index (χ3n) is 4.98. The highest BCUT2D eigenvalue weighted by Gasteiger charge is 2.26. The van der Waals surface area contributed by atoms with Crippen LogP contribution in [-0.2, 0) is 14.3 Å². The van der Waals surface area contributed by atoms with Crippen molar-refractivity contribution in [3.8, 4) is 0 Å². The SMILES string of the molecule is CC(C)C(NC1CCOCC1)C(=O)Nc1ccc(C2=NNC(=O)CC2)cc1. The van der Waals surface area contributed by atoms with Crippen LogP contribution >= 0.6 is 0 Å². The second-order valence-electron chi connectivity index (χ2n) is 7.44. The molecular formula is C20H28N4O3. The summed E-state index contributed by atoms with van der Waals surface area (Å²) in [7, 11) is 0. The molecular weight excluding hydrogens is 344 g/mol. The van der Waals surface area contributed by atoms with Crippen LogP contribution < -0.4 is 16.1 Å². The Morgan fingerprint density at radius 2 is 1.89 bits per heavy atom. The zero-order chi connectivity index (χ0) is 19.2. The van der Waals surface area contributed by atoms with E-state index in [0.717, 1.165) is 43.0 Å². The van der Waals surface area contributed by atoms with Crippen molar-refractivity contribution in [1.29, 1.82) is 0 Å². The molecule has 3 N–H and O–H groups in total. The maximum atomic E-state index is 12.8. The molecule has 0 aliphatic carbocycles. The number of hydrogen-bond donors (Lipinski definition) is 3. The highest BCUT2D eigenvalue weighted by molar-refractivity contribution is 6.04. The molecule has 7 heteroatoms. The summed E-state index contributed by atoms with van der Waals surface area (Å²) in [4.78, 5) is 24.0. The summed E-state index contributed by atoms with van der Waals surface area (Å²) in [6, 6.07) is 7.66. The predicted octanol–water partition coefficient (Wildman–Crippen LogP) is 2.03. The van der Waals surface area contributed by atoms with Gasteiger partial charge in [-0.25, -0.2) is 5.43 Å². The van der Waals surface area contributed by atoms with Crippen LogP contribution in [0, 0.1) is 5.92 Å². The molecule has 2 heterocycles. The van der Waals surface area contributed by atoms with Crippen LogP contribution in [0.2, 0.25) is 0 Å². The molecule has 0 aromatic heterocycles. The van der Waals surface area contributed by atoms with E-state index in [1.165, 1.54) is 0 Å². The van der Waals surface area contributed by atoms with Crippen LogP contribution in [0.25, 0.3) is 0 Å². The van der Waals surface area contributed by atoms with E-state index >= 15 is 0 Å². The first kappa shape index (κ1) is 19.5. The topological polar surface area (TPSA) is 91.8 Å². The average Bonchev–Trinajstić information content (AvgIpc) is 2.68. The number of benzene rings is 1. The molecule has 2 amide bonds. The van der Waals surface area contributed by atoms with Gasteiger partial charge in [0.25, 0.3) is 0 Å². The Morgan fingerprint density at radius 1 is 1.19 bits per heavy atom. The van der Waals surface area contributed by atoms with E-state index in [1.807, 2.05) is 24.3 Å². The fourth-order valence-corrected chi connectivity index (χ4v) is 3.34. The van der Waals surface area contributed by atoms with Crippen LogP contribution in [0.5, 0.6) is 0 Å². The van der Waals surface area contributed by atoms with E-state index in [9.17, 15) is 9.59 Å². The smallest absolute Gasteiger partial charge is 0.241 e. The van der Waals surface area contributed by atoms with Crippen molar-refractivity contribution in [1.82, 2.24) is 10.7 Å². The average molecular weight is 372 g/mol. The van der Waals surface area contributed by atoms with Gasteiger partial charge in [0.2, 0.25) is 11.8 Å². The summed E-state index contributed by atoms with van der Waals surface area (Å²) < 4.78 is 5.39. The van der Waals surface area contributed by atoms with Crippen molar-refractivity contribution in [3.63, 3.8) is 0 Å². The quantitative estimate of drug-likeness (QED) is 0.712. The molecule has 2 aliphatic rings. The van der Waals surface area contributed by atoms with E-state index in [-0.39, 0.29) is 23.8 Å². The van der Waals surface area contributed by atoms with E-state index in [1.54, 1.807) is 0 Å². The number of hydrazone groups is 1. The van der Waals surface area contributed by atoms with Crippen LogP contribution in [0.4, 0.5) is 5.69 Å². The Balaban J connectivity index is 1.60. The summed E-state index contributed by atoms with van der Waals surface area (Å²) >= 11 is 0. The fourth-order valence-electron chi connectivity index (χ4n) is 3.34. The molecule has 1 fully saturated rings. The largest absolute Gasteiger partial charge is 0.381 e. The highest BCUT2D eigenvalue weighted by Crippen LogP contribution is 2.16. The lowest BCUT2D eigenvalue weighted by molar-refractivity contribution is -0.121. The minimum absolute atomic E-state index is 0.0217. The Labute approximate surface area is 159 Å². The van der Waals surface area contributed by atoms with Gasteiger partial charge in [-0.15, -0.1) is 0 Å². The monoisotopic (exact) mass is 372 g/mol. The lowest BCUT2D eigenvalue weighted by Crippen LogP contribution is -2.50. The van der Waals surface area contributed by atoms with Crippen LogP contribution in [0.15, 0.2) is 29.4 Å². The molecule has 1 saturated heterocycles. The molecule has 3 rings (SSSR count). The van der Waals surface area contributed by atoms with Gasteiger partial charge in [0, 0.05) is 37.8 Å².